The van der Waals surface area contributed by atoms with Gasteiger partial charge < -0.3 is 10.4 Å². The van der Waals surface area contributed by atoms with Crippen molar-refractivity contribution in [3.8, 4) is 0 Å². The lowest BCUT2D eigenvalue weighted by Crippen LogP contribution is -2.40. The molecule has 0 heterocycles. The summed E-state index contributed by atoms with van der Waals surface area (Å²) in [6.45, 7) is 20.5. The molecule has 0 spiro atoms. The van der Waals surface area contributed by atoms with Gasteiger partial charge in [0.2, 0.25) is 5.91 Å². The highest BCUT2D eigenvalue weighted by atomic mass is 16.3. The first-order valence-corrected chi connectivity index (χ1v) is 12.6. The van der Waals surface area contributed by atoms with E-state index < -0.39 is 0 Å². The molecule has 0 fully saturated rings. The Kier molecular flexibility index (Phi) is 19.1. The predicted molar refractivity (Wildman–Crippen MR) is 138 cm³/mol. The molecule has 0 aromatic rings. The second kappa shape index (κ2) is 18.5. The quantitative estimate of drug-likeness (QED) is 0.204. The van der Waals surface area contributed by atoms with Gasteiger partial charge in [0.15, 0.2) is 0 Å². The van der Waals surface area contributed by atoms with Crippen molar-refractivity contribution >= 4 is 5.91 Å². The van der Waals surface area contributed by atoms with Crippen molar-refractivity contribution < 1.29 is 9.90 Å². The second-order valence-corrected chi connectivity index (χ2v) is 11.0. The van der Waals surface area contributed by atoms with Crippen LogP contribution in [-0.2, 0) is 4.79 Å². The smallest absolute Gasteiger partial charge is 0.225 e. The Morgan fingerprint density at radius 1 is 0.935 bits per heavy atom. The molecule has 3 nitrogen and oxygen atoms in total. The van der Waals surface area contributed by atoms with E-state index in [0.29, 0.717) is 18.4 Å². The Hall–Kier alpha value is -1.09. The van der Waals surface area contributed by atoms with Gasteiger partial charge in [-0.3, -0.25) is 4.79 Å². The Morgan fingerprint density at radius 3 is 2.03 bits per heavy atom. The maximum atomic E-state index is 12.5. The number of carbonyl (C=O) groups is 1. The van der Waals surface area contributed by atoms with Crippen molar-refractivity contribution in [3.05, 3.63) is 24.3 Å². The van der Waals surface area contributed by atoms with E-state index in [1.807, 2.05) is 0 Å². The number of nitrogens with one attached hydrogen (secondary N) is 1. The molecule has 2 N–H and O–H groups in total. The number of amides is 1. The summed E-state index contributed by atoms with van der Waals surface area (Å²) in [5.41, 5.74) is -0.324. The van der Waals surface area contributed by atoms with Crippen LogP contribution < -0.4 is 5.32 Å². The van der Waals surface area contributed by atoms with Crippen LogP contribution in [-0.4, -0.2) is 24.2 Å². The highest BCUT2D eigenvalue weighted by molar-refractivity contribution is 5.81. The number of unbranched alkanes of at least 4 members (excludes halogenated alkanes) is 3. The molecule has 3 heteroatoms. The van der Waals surface area contributed by atoms with Gasteiger partial charge in [-0.25, -0.2) is 0 Å². The van der Waals surface area contributed by atoms with Crippen LogP contribution in [0.1, 0.15) is 114 Å². The lowest BCUT2D eigenvalue weighted by molar-refractivity contribution is -0.130. The fourth-order valence-electron chi connectivity index (χ4n) is 3.44. The molecule has 0 rings (SSSR count). The highest BCUT2D eigenvalue weighted by Gasteiger charge is 2.33. The van der Waals surface area contributed by atoms with E-state index in [1.54, 1.807) is 0 Å². The van der Waals surface area contributed by atoms with Gasteiger partial charge in [0.05, 0.1) is 0 Å². The Bertz CT molecular complexity index is 487. The van der Waals surface area contributed by atoms with Gasteiger partial charge in [0, 0.05) is 18.6 Å². The number of carbonyl (C=O) groups excluding carboxylic acids is 1. The van der Waals surface area contributed by atoms with Gasteiger partial charge in [0.1, 0.15) is 0 Å². The fourth-order valence-corrected chi connectivity index (χ4v) is 3.44. The van der Waals surface area contributed by atoms with Crippen molar-refractivity contribution in [2.75, 3.05) is 13.2 Å². The Morgan fingerprint density at radius 2 is 1.55 bits per heavy atom. The number of aliphatic hydroxyl groups excluding tert-OH is 1. The molecular formula is C28H55NO2. The van der Waals surface area contributed by atoms with E-state index >= 15 is 0 Å². The van der Waals surface area contributed by atoms with Gasteiger partial charge in [0.25, 0.3) is 0 Å². The summed E-state index contributed by atoms with van der Waals surface area (Å²) in [5.74, 6) is 1.44. The van der Waals surface area contributed by atoms with Crippen molar-refractivity contribution in [1.82, 2.24) is 5.32 Å². The van der Waals surface area contributed by atoms with E-state index in [9.17, 15) is 4.79 Å². The Labute approximate surface area is 195 Å². The molecule has 0 unspecified atom stereocenters. The summed E-state index contributed by atoms with van der Waals surface area (Å²) in [4.78, 5) is 12.5. The third kappa shape index (κ3) is 21.9. The molecule has 0 saturated heterocycles. The molecule has 1 amide bonds. The van der Waals surface area contributed by atoms with Crippen LogP contribution in [0.2, 0.25) is 0 Å². The summed E-state index contributed by atoms with van der Waals surface area (Å²) in [6.07, 6.45) is 17.9. The number of rotatable bonds is 15. The number of aliphatic hydroxyl groups is 1. The van der Waals surface area contributed by atoms with E-state index in [2.05, 4.69) is 91.9 Å². The topological polar surface area (TPSA) is 49.3 Å². The maximum absolute atomic E-state index is 12.5. The van der Waals surface area contributed by atoms with Crippen molar-refractivity contribution in [1.29, 1.82) is 0 Å². The monoisotopic (exact) mass is 437 g/mol. The van der Waals surface area contributed by atoms with E-state index in [0.717, 1.165) is 32.2 Å². The molecule has 0 atom stereocenters. The highest BCUT2D eigenvalue weighted by Crippen LogP contribution is 2.35. The lowest BCUT2D eigenvalue weighted by Gasteiger charge is -2.32. The molecule has 0 radical (unpaired) electrons. The molecule has 0 aliphatic heterocycles. The average molecular weight is 438 g/mol. The van der Waals surface area contributed by atoms with Crippen LogP contribution in [0.3, 0.4) is 0 Å². The summed E-state index contributed by atoms with van der Waals surface area (Å²) in [6, 6.07) is 0. The molecule has 0 aromatic carbocycles. The number of hydrogen-bond acceptors (Lipinski definition) is 2. The van der Waals surface area contributed by atoms with E-state index in [4.69, 9.17) is 5.11 Å². The van der Waals surface area contributed by atoms with Crippen molar-refractivity contribution in [3.63, 3.8) is 0 Å². The molecule has 0 saturated carbocycles. The summed E-state index contributed by atoms with van der Waals surface area (Å²) in [5, 5.41) is 11.3. The SMILES string of the molecule is CC(C)CCO.CCCCC/C=C\C/C=C\C(C)(C)CC(C)(C)C(=O)NCCC(C)C. The predicted octanol–water partition coefficient (Wildman–Crippen LogP) is 7.70. The first kappa shape index (κ1) is 32.1. The van der Waals surface area contributed by atoms with Crippen LogP contribution >= 0.6 is 0 Å². The first-order valence-electron chi connectivity index (χ1n) is 12.6. The van der Waals surface area contributed by atoms with Gasteiger partial charge in [-0.15, -0.1) is 0 Å². The minimum atomic E-state index is -0.346. The molecule has 0 bridgehead atoms. The zero-order valence-electron chi connectivity index (χ0n) is 22.4. The lowest BCUT2D eigenvalue weighted by atomic mass is 9.74. The summed E-state index contributed by atoms with van der Waals surface area (Å²) < 4.78 is 0. The maximum Gasteiger partial charge on any atom is 0.225 e. The largest absolute Gasteiger partial charge is 0.396 e. The zero-order chi connectivity index (χ0) is 24.3. The molecule has 0 aliphatic carbocycles. The third-order valence-electron chi connectivity index (χ3n) is 5.21. The van der Waals surface area contributed by atoms with Crippen LogP contribution in [0.25, 0.3) is 0 Å². The molecule has 31 heavy (non-hydrogen) atoms. The standard InChI is InChI=1S/C23H43NO.C5H12O/c1-8-9-10-11-12-13-14-15-17-22(4,5)19-23(6,7)21(25)24-18-16-20(2)3;1-5(2)3-4-6/h12-13,15,17,20H,8-11,14,16,18-19H2,1-7H3,(H,24,25);5-6H,3-4H2,1-2H3/b13-12-,17-15-;. The van der Waals surface area contributed by atoms with Crippen LogP contribution in [0.5, 0.6) is 0 Å². The minimum Gasteiger partial charge on any atom is -0.396 e. The molecule has 184 valence electrons. The van der Waals surface area contributed by atoms with Gasteiger partial charge in [-0.1, -0.05) is 99.5 Å². The number of allylic oxidation sites excluding steroid dienone is 4. The fraction of sp³-hybridized carbons (Fsp3) is 0.821. The van der Waals surface area contributed by atoms with Gasteiger partial charge >= 0.3 is 0 Å². The van der Waals surface area contributed by atoms with Crippen molar-refractivity contribution in [2.24, 2.45) is 22.7 Å². The second-order valence-electron chi connectivity index (χ2n) is 11.0. The molecule has 0 aliphatic rings. The van der Waals surface area contributed by atoms with E-state index in [-0.39, 0.29) is 16.7 Å². The average Bonchev–Trinajstić information content (AvgIpc) is 2.63. The van der Waals surface area contributed by atoms with Gasteiger partial charge in [-0.2, -0.15) is 0 Å². The van der Waals surface area contributed by atoms with Gasteiger partial charge in [-0.05, 0) is 55.8 Å². The zero-order valence-corrected chi connectivity index (χ0v) is 22.4. The van der Waals surface area contributed by atoms with Crippen LogP contribution in [0.4, 0.5) is 0 Å². The number of hydrogen-bond donors (Lipinski definition) is 2. The van der Waals surface area contributed by atoms with E-state index in [1.165, 1.54) is 25.7 Å². The first-order chi connectivity index (χ1) is 14.4. The normalized spacial score (nSPS) is 12.6. The third-order valence-corrected chi connectivity index (χ3v) is 5.21. The summed E-state index contributed by atoms with van der Waals surface area (Å²) in [7, 11) is 0. The molecule has 0 aromatic heterocycles. The van der Waals surface area contributed by atoms with Crippen LogP contribution in [0.15, 0.2) is 24.3 Å². The Balaban J connectivity index is 0. The minimum absolute atomic E-state index is 0.0228. The molecular weight excluding hydrogens is 382 g/mol. The van der Waals surface area contributed by atoms with Crippen molar-refractivity contribution in [2.45, 2.75) is 114 Å². The summed E-state index contributed by atoms with van der Waals surface area (Å²) >= 11 is 0. The van der Waals surface area contributed by atoms with Crippen LogP contribution in [0, 0.1) is 22.7 Å².